The number of nitrogens with zero attached hydrogens (tertiary/aromatic N) is 1. The lowest BCUT2D eigenvalue weighted by molar-refractivity contribution is -0.111. The van der Waals surface area contributed by atoms with Gasteiger partial charge in [0, 0.05) is 60.8 Å². The second-order valence-electron chi connectivity index (χ2n) is 5.64. The maximum absolute atomic E-state index is 12.2. The maximum atomic E-state index is 12.2. The second-order valence-corrected chi connectivity index (χ2v) is 5.64. The Morgan fingerprint density at radius 3 is 2.92 bits per heavy atom. The highest BCUT2D eigenvalue weighted by Gasteiger charge is 2.10. The number of hydrogen-bond acceptors (Lipinski definition) is 5. The van der Waals surface area contributed by atoms with Crippen molar-refractivity contribution in [1.82, 2.24) is 10.3 Å². The summed E-state index contributed by atoms with van der Waals surface area (Å²) < 4.78 is 0. The van der Waals surface area contributed by atoms with Gasteiger partial charge in [0.15, 0.2) is 0 Å². The third-order valence-corrected chi connectivity index (χ3v) is 4.02. The number of anilines is 1. The molecule has 0 fully saturated rings. The minimum Gasteiger partial charge on any atom is -0.404 e. The van der Waals surface area contributed by atoms with E-state index in [0.29, 0.717) is 5.57 Å². The van der Waals surface area contributed by atoms with Gasteiger partial charge in [0.25, 0.3) is 0 Å². The molecule has 3 rings (SSSR count). The highest BCUT2D eigenvalue weighted by Crippen LogP contribution is 2.20. The number of aromatic nitrogens is 1. The smallest absolute Gasteiger partial charge is 0.248 e. The molecule has 0 saturated carbocycles. The van der Waals surface area contributed by atoms with E-state index in [1.807, 2.05) is 18.2 Å². The van der Waals surface area contributed by atoms with Gasteiger partial charge in [-0.25, -0.2) is 0 Å². The molecule has 1 amide bonds. The van der Waals surface area contributed by atoms with Crippen LogP contribution in [0, 0.1) is 5.41 Å². The Kier molecular flexibility index (Phi) is 5.01. The number of nitrogens with one attached hydrogen (secondary N) is 3. The number of carbonyl (C=O) groups is 1. The van der Waals surface area contributed by atoms with Crippen LogP contribution in [-0.4, -0.2) is 17.1 Å². The molecule has 1 aliphatic rings. The fraction of sp³-hybridized carbons (Fsp3) is 0.105. The lowest BCUT2D eigenvalue weighted by Crippen LogP contribution is -2.08. The van der Waals surface area contributed by atoms with E-state index in [1.54, 1.807) is 24.5 Å². The minimum atomic E-state index is -0.228. The van der Waals surface area contributed by atoms with E-state index in [2.05, 4.69) is 15.6 Å². The Hall–Kier alpha value is -3.25. The number of nitrogens with two attached hydrogens (primary N) is 1. The molecule has 0 spiro atoms. The molecule has 5 N–H and O–H groups in total. The van der Waals surface area contributed by atoms with Crippen LogP contribution in [0.25, 0.3) is 11.6 Å². The zero-order chi connectivity index (χ0) is 17.6. The molecule has 6 nitrogen and oxygen atoms in total. The van der Waals surface area contributed by atoms with Gasteiger partial charge in [-0.05, 0) is 41.0 Å². The summed E-state index contributed by atoms with van der Waals surface area (Å²) in [6, 6.07) is 7.67. The van der Waals surface area contributed by atoms with Crippen LogP contribution >= 0.6 is 0 Å². The average Bonchev–Trinajstić information content (AvgIpc) is 3.10. The van der Waals surface area contributed by atoms with Gasteiger partial charge in [0.2, 0.25) is 5.91 Å². The predicted molar refractivity (Wildman–Crippen MR) is 99.8 cm³/mol. The molecule has 0 aliphatic carbocycles. The summed E-state index contributed by atoms with van der Waals surface area (Å²) in [5.74, 6) is -0.228. The van der Waals surface area contributed by atoms with Crippen molar-refractivity contribution < 1.29 is 4.79 Å². The molecule has 2 aromatic rings. The molecule has 6 heteroatoms. The number of allylic oxidation sites excluding steroid dienone is 1. The van der Waals surface area contributed by atoms with Crippen molar-refractivity contribution in [2.75, 3.05) is 5.32 Å². The van der Waals surface area contributed by atoms with E-state index in [-0.39, 0.29) is 5.91 Å². The van der Waals surface area contributed by atoms with Crippen molar-refractivity contribution >= 4 is 29.5 Å². The van der Waals surface area contributed by atoms with Crippen molar-refractivity contribution in [3.05, 3.63) is 71.2 Å². The zero-order valence-corrected chi connectivity index (χ0v) is 13.6. The summed E-state index contributed by atoms with van der Waals surface area (Å²) >= 11 is 0. The number of carbonyl (C=O) groups excluding carboxylic acids is 1. The van der Waals surface area contributed by atoms with Gasteiger partial charge in [0.1, 0.15) is 0 Å². The van der Waals surface area contributed by atoms with Gasteiger partial charge in [-0.3, -0.25) is 9.78 Å². The predicted octanol–water partition coefficient (Wildman–Crippen LogP) is 2.29. The normalized spacial score (nSPS) is 13.7. The van der Waals surface area contributed by atoms with E-state index in [4.69, 9.17) is 11.1 Å². The van der Waals surface area contributed by atoms with Crippen molar-refractivity contribution in [3.8, 4) is 0 Å². The SMILES string of the molecule is N=C/C(=C\N)c1ccncc1/C=C/C(=O)Nc1ccc2c(c1)CNC2. The zero-order valence-electron chi connectivity index (χ0n) is 13.6. The quantitative estimate of drug-likeness (QED) is 0.498. The highest BCUT2D eigenvalue weighted by atomic mass is 16.1. The largest absolute Gasteiger partial charge is 0.404 e. The standard InChI is InChI=1S/C19H19N5O/c20-8-16(9-21)18-5-6-22-11-14(18)2-4-19(25)24-17-3-1-13-10-23-12-15(13)7-17/h1-9,11,20,23H,10,12,21H2,(H,24,25)/b4-2+,16-9+,20-8?. The summed E-state index contributed by atoms with van der Waals surface area (Å²) in [4.78, 5) is 16.3. The summed E-state index contributed by atoms with van der Waals surface area (Å²) in [5, 5.41) is 13.6. The topological polar surface area (TPSA) is 104 Å². The Morgan fingerprint density at radius 2 is 2.12 bits per heavy atom. The van der Waals surface area contributed by atoms with E-state index in [0.717, 1.165) is 29.9 Å². The Balaban J connectivity index is 1.74. The van der Waals surface area contributed by atoms with Crippen LogP contribution in [0.2, 0.25) is 0 Å². The summed E-state index contributed by atoms with van der Waals surface area (Å²) in [6.07, 6.45) is 8.90. The molecule has 0 atom stereocenters. The van der Waals surface area contributed by atoms with E-state index >= 15 is 0 Å². The third kappa shape index (κ3) is 3.81. The Morgan fingerprint density at radius 1 is 1.28 bits per heavy atom. The molecule has 0 radical (unpaired) electrons. The van der Waals surface area contributed by atoms with Crippen molar-refractivity contribution in [3.63, 3.8) is 0 Å². The Bertz CT molecular complexity index is 870. The molecule has 25 heavy (non-hydrogen) atoms. The van der Waals surface area contributed by atoms with Gasteiger partial charge in [0.05, 0.1) is 0 Å². The molecular formula is C19H19N5O. The average molecular weight is 333 g/mol. The van der Waals surface area contributed by atoms with Crippen LogP contribution in [0.4, 0.5) is 5.69 Å². The lowest BCUT2D eigenvalue weighted by atomic mass is 10.0. The fourth-order valence-corrected chi connectivity index (χ4v) is 2.74. The molecule has 1 aromatic heterocycles. The lowest BCUT2D eigenvalue weighted by Gasteiger charge is -2.06. The maximum Gasteiger partial charge on any atom is 0.248 e. The van der Waals surface area contributed by atoms with Crippen LogP contribution in [0.5, 0.6) is 0 Å². The first kappa shape index (κ1) is 16.6. The van der Waals surface area contributed by atoms with Crippen LogP contribution in [0.1, 0.15) is 22.3 Å². The molecule has 0 unspecified atom stereocenters. The van der Waals surface area contributed by atoms with Crippen molar-refractivity contribution in [2.24, 2.45) is 5.73 Å². The number of rotatable bonds is 5. The summed E-state index contributed by atoms with van der Waals surface area (Å²) in [7, 11) is 0. The molecule has 1 aromatic carbocycles. The van der Waals surface area contributed by atoms with Crippen LogP contribution in [-0.2, 0) is 17.9 Å². The van der Waals surface area contributed by atoms with E-state index < -0.39 is 0 Å². The van der Waals surface area contributed by atoms with Gasteiger partial charge in [-0.15, -0.1) is 0 Å². The van der Waals surface area contributed by atoms with Crippen LogP contribution in [0.3, 0.4) is 0 Å². The van der Waals surface area contributed by atoms with Crippen LogP contribution < -0.4 is 16.4 Å². The molecule has 0 bridgehead atoms. The van der Waals surface area contributed by atoms with Crippen molar-refractivity contribution in [2.45, 2.75) is 13.1 Å². The highest BCUT2D eigenvalue weighted by molar-refractivity contribution is 6.10. The van der Waals surface area contributed by atoms with E-state index in [1.165, 1.54) is 29.6 Å². The van der Waals surface area contributed by atoms with E-state index in [9.17, 15) is 4.79 Å². The minimum absolute atomic E-state index is 0.228. The van der Waals surface area contributed by atoms with Gasteiger partial charge >= 0.3 is 0 Å². The number of benzene rings is 1. The summed E-state index contributed by atoms with van der Waals surface area (Å²) in [5.41, 5.74) is 10.8. The monoisotopic (exact) mass is 333 g/mol. The number of fused-ring (bicyclic) bond motifs is 1. The molecule has 0 saturated heterocycles. The molecule has 2 heterocycles. The number of hydrogen-bond donors (Lipinski definition) is 4. The first-order valence-corrected chi connectivity index (χ1v) is 7.89. The number of pyridine rings is 1. The molecule has 1 aliphatic heterocycles. The van der Waals surface area contributed by atoms with Gasteiger partial charge in [-0.2, -0.15) is 0 Å². The fourth-order valence-electron chi connectivity index (χ4n) is 2.74. The molecule has 126 valence electrons. The van der Waals surface area contributed by atoms with Gasteiger partial charge in [-0.1, -0.05) is 6.07 Å². The Labute approximate surface area is 146 Å². The first-order valence-electron chi connectivity index (χ1n) is 7.89. The van der Waals surface area contributed by atoms with Gasteiger partial charge < -0.3 is 21.8 Å². The second kappa shape index (κ2) is 7.55. The summed E-state index contributed by atoms with van der Waals surface area (Å²) in [6.45, 7) is 1.70. The van der Waals surface area contributed by atoms with Crippen molar-refractivity contribution in [1.29, 1.82) is 5.41 Å². The van der Waals surface area contributed by atoms with Crippen LogP contribution in [0.15, 0.2) is 48.9 Å². The molecular weight excluding hydrogens is 314 g/mol. The number of amides is 1. The first-order chi connectivity index (χ1) is 12.2. The third-order valence-electron chi connectivity index (χ3n) is 4.02.